The molecule has 0 amide bonds. The van der Waals surface area contributed by atoms with Gasteiger partial charge in [0, 0.05) is 11.8 Å². The number of Topliss-reactive ketones (excluding diaryl/α,β-unsaturated/α-hetero) is 1. The van der Waals surface area contributed by atoms with Crippen LogP contribution in [0.5, 0.6) is 0 Å². The van der Waals surface area contributed by atoms with Gasteiger partial charge in [0.1, 0.15) is 6.29 Å². The zero-order chi connectivity index (χ0) is 18.4. The summed E-state index contributed by atoms with van der Waals surface area (Å²) in [7, 11) is -4.33. The molecule has 1 saturated carbocycles. The number of aldehydes is 1. The molecule has 1 atom stereocenters. The summed E-state index contributed by atoms with van der Waals surface area (Å²) in [6.45, 7) is 0. The summed E-state index contributed by atoms with van der Waals surface area (Å²) in [4.78, 5) is 24.1. The van der Waals surface area contributed by atoms with E-state index in [1.54, 1.807) is 0 Å². The number of hydrogen-bond acceptors (Lipinski definition) is 5. The highest BCUT2D eigenvalue weighted by Gasteiger charge is 2.70. The number of nitriles is 1. The minimum Gasteiger partial charge on any atom is -0.303 e. The zero-order valence-electron chi connectivity index (χ0n) is 12.4. The molecule has 1 unspecified atom stereocenters. The van der Waals surface area contributed by atoms with E-state index in [9.17, 15) is 36.4 Å². The van der Waals surface area contributed by atoms with Gasteiger partial charge in [0.05, 0.1) is 17.0 Å². The van der Waals surface area contributed by atoms with E-state index in [0.29, 0.717) is 18.4 Å². The summed E-state index contributed by atoms with van der Waals surface area (Å²) in [5.74, 6) is -1.19. The first-order valence-corrected chi connectivity index (χ1v) is 8.63. The minimum atomic E-state index is -4.62. The second-order valence-corrected chi connectivity index (χ2v) is 7.90. The maximum atomic E-state index is 12.7. The van der Waals surface area contributed by atoms with Crippen molar-refractivity contribution in [2.75, 3.05) is 6.26 Å². The summed E-state index contributed by atoms with van der Waals surface area (Å²) >= 11 is 0. The highest BCUT2D eigenvalue weighted by Crippen LogP contribution is 2.56. The van der Waals surface area contributed by atoms with Gasteiger partial charge in [-0.15, -0.1) is 0 Å². The van der Waals surface area contributed by atoms with Crippen LogP contribution < -0.4 is 0 Å². The maximum Gasteiger partial charge on any atom is 0.416 e. The Hall–Kier alpha value is -2.21. The molecule has 0 bridgehead atoms. The topological polar surface area (TPSA) is 92.1 Å². The normalized spacial score (nSPS) is 19.0. The van der Waals surface area contributed by atoms with Gasteiger partial charge in [-0.2, -0.15) is 18.4 Å². The highest BCUT2D eigenvalue weighted by atomic mass is 32.2. The van der Waals surface area contributed by atoms with Gasteiger partial charge < -0.3 is 4.79 Å². The molecule has 0 N–H and O–H groups in total. The second-order valence-electron chi connectivity index (χ2n) is 5.74. The summed E-state index contributed by atoms with van der Waals surface area (Å²) in [6, 6.07) is 4.33. The first kappa shape index (κ1) is 18.1. The van der Waals surface area contributed by atoms with Crippen molar-refractivity contribution in [2.24, 2.45) is 5.41 Å². The van der Waals surface area contributed by atoms with E-state index in [2.05, 4.69) is 0 Å². The number of rotatable bonds is 5. The highest BCUT2D eigenvalue weighted by molar-refractivity contribution is 7.93. The molecular formula is C15H12F3NO4S. The Morgan fingerprint density at radius 3 is 2.04 bits per heavy atom. The predicted molar refractivity (Wildman–Crippen MR) is 76.7 cm³/mol. The number of benzene rings is 1. The molecule has 0 spiro atoms. The smallest absolute Gasteiger partial charge is 0.303 e. The molecule has 128 valence electrons. The number of hydrogen-bond donors (Lipinski definition) is 0. The SMILES string of the molecule is CS(=O)(=O)C(C#N)(C(=O)c1ccc(C(F)(F)F)cc1)C1(C=O)CC1. The molecule has 24 heavy (non-hydrogen) atoms. The van der Waals surface area contributed by atoms with Crippen LogP contribution >= 0.6 is 0 Å². The molecule has 1 aromatic rings. The molecule has 0 saturated heterocycles. The van der Waals surface area contributed by atoms with Gasteiger partial charge >= 0.3 is 6.18 Å². The lowest BCUT2D eigenvalue weighted by Crippen LogP contribution is -2.53. The molecule has 0 radical (unpaired) electrons. The van der Waals surface area contributed by atoms with Gasteiger partial charge in [0.25, 0.3) is 0 Å². The van der Waals surface area contributed by atoms with Crippen LogP contribution in [0.4, 0.5) is 13.2 Å². The van der Waals surface area contributed by atoms with E-state index in [-0.39, 0.29) is 24.7 Å². The standard InChI is InChI=1S/C15H12F3NO4S/c1-24(22,23)14(8-19,13(9-20)6-7-13)12(21)10-2-4-11(5-3-10)15(16,17)18/h2-5,9H,6-7H2,1H3. The number of nitrogens with zero attached hydrogens (tertiary/aromatic N) is 1. The maximum absolute atomic E-state index is 12.7. The predicted octanol–water partition coefficient (Wildman–Crippen LogP) is 2.17. The van der Waals surface area contributed by atoms with Crippen LogP contribution in [0.3, 0.4) is 0 Å². The fourth-order valence-corrected chi connectivity index (χ4v) is 4.32. The summed E-state index contributed by atoms with van der Waals surface area (Å²) in [6.07, 6.45) is -3.58. The van der Waals surface area contributed by atoms with E-state index in [4.69, 9.17) is 0 Å². The number of carbonyl (C=O) groups excluding carboxylic acids is 2. The molecule has 0 heterocycles. The Balaban J connectivity index is 2.59. The third-order valence-corrected chi connectivity index (χ3v) is 6.02. The monoisotopic (exact) mass is 359 g/mol. The van der Waals surface area contributed by atoms with E-state index < -0.39 is 37.5 Å². The summed E-state index contributed by atoms with van der Waals surface area (Å²) < 4.78 is 59.5. The van der Waals surface area contributed by atoms with Gasteiger partial charge in [-0.05, 0) is 25.0 Å². The van der Waals surface area contributed by atoms with Crippen molar-refractivity contribution in [3.05, 3.63) is 35.4 Å². The van der Waals surface area contributed by atoms with Crippen LogP contribution in [0.1, 0.15) is 28.8 Å². The second kappa shape index (κ2) is 5.41. The first-order valence-electron chi connectivity index (χ1n) is 6.74. The Morgan fingerprint density at radius 2 is 1.75 bits per heavy atom. The summed E-state index contributed by atoms with van der Waals surface area (Å²) in [5, 5.41) is 9.45. The third-order valence-electron chi connectivity index (χ3n) is 4.22. The lowest BCUT2D eigenvalue weighted by Gasteiger charge is -2.28. The van der Waals surface area contributed by atoms with Crippen LogP contribution in [0.2, 0.25) is 0 Å². The van der Waals surface area contributed by atoms with Crippen LogP contribution in [0.15, 0.2) is 24.3 Å². The van der Waals surface area contributed by atoms with Crippen LogP contribution in [-0.2, 0) is 20.8 Å². The Kier molecular flexibility index (Phi) is 4.09. The van der Waals surface area contributed by atoms with Gasteiger partial charge in [-0.25, -0.2) is 8.42 Å². The number of carbonyl (C=O) groups is 2. The van der Waals surface area contributed by atoms with Crippen molar-refractivity contribution in [1.82, 2.24) is 0 Å². The quantitative estimate of drug-likeness (QED) is 0.593. The molecule has 1 aromatic carbocycles. The average Bonchev–Trinajstić information content (AvgIpc) is 3.27. The van der Waals surface area contributed by atoms with Crippen LogP contribution in [0.25, 0.3) is 0 Å². The van der Waals surface area contributed by atoms with Crippen molar-refractivity contribution >= 4 is 21.9 Å². The van der Waals surface area contributed by atoms with E-state index in [0.717, 1.165) is 12.1 Å². The lowest BCUT2D eigenvalue weighted by atomic mass is 9.83. The third kappa shape index (κ3) is 2.51. The number of alkyl halides is 3. The molecule has 1 aliphatic carbocycles. The van der Waals surface area contributed by atoms with E-state index in [1.165, 1.54) is 6.07 Å². The van der Waals surface area contributed by atoms with Crippen molar-refractivity contribution in [1.29, 1.82) is 5.26 Å². The largest absolute Gasteiger partial charge is 0.416 e. The average molecular weight is 359 g/mol. The van der Waals surface area contributed by atoms with Crippen molar-refractivity contribution in [3.63, 3.8) is 0 Å². The summed E-state index contributed by atoms with van der Waals surface area (Å²) in [5.41, 5.74) is -3.05. The fraction of sp³-hybridized carbons (Fsp3) is 0.400. The van der Waals surface area contributed by atoms with Crippen molar-refractivity contribution < 1.29 is 31.2 Å². The van der Waals surface area contributed by atoms with E-state index in [1.807, 2.05) is 0 Å². The first-order chi connectivity index (χ1) is 10.9. The molecule has 0 aliphatic heterocycles. The molecule has 5 nitrogen and oxygen atoms in total. The molecular weight excluding hydrogens is 347 g/mol. The van der Waals surface area contributed by atoms with E-state index >= 15 is 0 Å². The fourth-order valence-electron chi connectivity index (χ4n) is 2.71. The minimum absolute atomic E-state index is 0.0451. The lowest BCUT2D eigenvalue weighted by molar-refractivity contribution is -0.137. The molecule has 0 aromatic heterocycles. The number of halogens is 3. The van der Waals surface area contributed by atoms with Gasteiger partial charge in [-0.1, -0.05) is 12.1 Å². The zero-order valence-corrected chi connectivity index (χ0v) is 13.2. The van der Waals surface area contributed by atoms with Gasteiger partial charge in [0.15, 0.2) is 15.6 Å². The Labute approximate surface area is 136 Å². The van der Waals surface area contributed by atoms with Crippen molar-refractivity contribution in [3.8, 4) is 6.07 Å². The molecule has 2 rings (SSSR count). The van der Waals surface area contributed by atoms with Crippen molar-refractivity contribution in [2.45, 2.75) is 23.8 Å². The number of sulfone groups is 1. The van der Waals surface area contributed by atoms with Gasteiger partial charge in [0.2, 0.25) is 4.75 Å². The van der Waals surface area contributed by atoms with Gasteiger partial charge in [-0.3, -0.25) is 4.79 Å². The Morgan fingerprint density at radius 1 is 1.25 bits per heavy atom. The van der Waals surface area contributed by atoms with Crippen LogP contribution in [-0.4, -0.2) is 31.5 Å². The Bertz CT molecular complexity index is 833. The van der Waals surface area contributed by atoms with Crippen LogP contribution in [0, 0.1) is 16.7 Å². The molecule has 1 aliphatic rings. The molecule has 1 fully saturated rings. The number of ketones is 1. The molecule has 9 heteroatoms.